The molecule has 1 amide bonds. The fraction of sp³-hybridized carbons (Fsp3) is 0.917. The zero-order valence-corrected chi connectivity index (χ0v) is 10.4. The van der Waals surface area contributed by atoms with E-state index in [0.29, 0.717) is 13.0 Å². The van der Waals surface area contributed by atoms with Crippen molar-refractivity contribution in [2.75, 3.05) is 26.8 Å². The molecule has 0 saturated carbocycles. The lowest BCUT2D eigenvalue weighted by Gasteiger charge is -2.33. The van der Waals surface area contributed by atoms with Gasteiger partial charge in [-0.2, -0.15) is 0 Å². The number of likely N-dealkylation sites (tertiary alicyclic amines) is 1. The van der Waals surface area contributed by atoms with Crippen molar-refractivity contribution in [1.29, 1.82) is 0 Å². The lowest BCUT2D eigenvalue weighted by atomic mass is 9.94. The van der Waals surface area contributed by atoms with Gasteiger partial charge in [0.2, 0.25) is 5.91 Å². The average Bonchev–Trinajstić information content (AvgIpc) is 2.35. The maximum atomic E-state index is 11.9. The molecule has 1 aliphatic rings. The highest BCUT2D eigenvalue weighted by Crippen LogP contribution is 2.20. The standard InChI is InChI=1S/C12H24N2O2/c1-3-10-4-7-14(8-5-10)12(15)11(13)6-9-16-2/h10-11H,3-9,13H2,1-2H3. The van der Waals surface area contributed by atoms with Crippen LogP contribution in [0, 0.1) is 5.92 Å². The van der Waals surface area contributed by atoms with Crippen molar-refractivity contribution in [2.24, 2.45) is 11.7 Å². The van der Waals surface area contributed by atoms with Gasteiger partial charge in [-0.25, -0.2) is 0 Å². The number of amides is 1. The molecule has 0 aromatic carbocycles. The molecule has 1 fully saturated rings. The molecule has 1 atom stereocenters. The van der Waals surface area contributed by atoms with Crippen molar-refractivity contribution < 1.29 is 9.53 Å². The molecule has 2 N–H and O–H groups in total. The van der Waals surface area contributed by atoms with Gasteiger partial charge in [-0.3, -0.25) is 4.79 Å². The predicted octanol–water partition coefficient (Wildman–Crippen LogP) is 0.999. The fourth-order valence-electron chi connectivity index (χ4n) is 2.16. The summed E-state index contributed by atoms with van der Waals surface area (Å²) in [6.45, 7) is 4.51. The van der Waals surface area contributed by atoms with Crippen LogP contribution in [0.2, 0.25) is 0 Å². The third-order valence-electron chi connectivity index (χ3n) is 3.45. The van der Waals surface area contributed by atoms with E-state index in [1.807, 2.05) is 4.90 Å². The summed E-state index contributed by atoms with van der Waals surface area (Å²) in [6.07, 6.45) is 4.08. The number of hydrogen-bond donors (Lipinski definition) is 1. The second-order valence-electron chi connectivity index (χ2n) is 4.56. The third kappa shape index (κ3) is 3.76. The summed E-state index contributed by atoms with van der Waals surface area (Å²) >= 11 is 0. The van der Waals surface area contributed by atoms with Crippen LogP contribution < -0.4 is 5.73 Å². The van der Waals surface area contributed by atoms with Crippen molar-refractivity contribution in [3.8, 4) is 0 Å². The van der Waals surface area contributed by atoms with E-state index in [1.54, 1.807) is 7.11 Å². The number of rotatable bonds is 5. The summed E-state index contributed by atoms with van der Waals surface area (Å²) in [5.41, 5.74) is 5.83. The maximum Gasteiger partial charge on any atom is 0.239 e. The molecule has 1 saturated heterocycles. The first-order valence-electron chi connectivity index (χ1n) is 6.22. The highest BCUT2D eigenvalue weighted by Gasteiger charge is 2.25. The Morgan fingerprint density at radius 2 is 2.12 bits per heavy atom. The zero-order valence-electron chi connectivity index (χ0n) is 10.4. The summed E-state index contributed by atoms with van der Waals surface area (Å²) in [6, 6.07) is -0.391. The van der Waals surface area contributed by atoms with Crippen LogP contribution in [0.4, 0.5) is 0 Å². The molecule has 94 valence electrons. The summed E-state index contributed by atoms with van der Waals surface area (Å²) in [5, 5.41) is 0. The Hall–Kier alpha value is -0.610. The second kappa shape index (κ2) is 6.86. The lowest BCUT2D eigenvalue weighted by Crippen LogP contribution is -2.47. The largest absolute Gasteiger partial charge is 0.385 e. The lowest BCUT2D eigenvalue weighted by molar-refractivity contribution is -0.134. The normalized spacial score (nSPS) is 19.8. The molecule has 0 spiro atoms. The van der Waals surface area contributed by atoms with Crippen molar-refractivity contribution in [2.45, 2.75) is 38.6 Å². The molecular formula is C12H24N2O2. The van der Waals surface area contributed by atoms with Gasteiger partial charge >= 0.3 is 0 Å². The van der Waals surface area contributed by atoms with Gasteiger partial charge < -0.3 is 15.4 Å². The average molecular weight is 228 g/mol. The van der Waals surface area contributed by atoms with Crippen molar-refractivity contribution in [3.63, 3.8) is 0 Å². The minimum absolute atomic E-state index is 0.0894. The molecule has 1 unspecified atom stereocenters. The Kier molecular flexibility index (Phi) is 5.77. The SMILES string of the molecule is CCC1CCN(C(=O)C(N)CCOC)CC1. The van der Waals surface area contributed by atoms with E-state index in [-0.39, 0.29) is 5.91 Å². The minimum atomic E-state index is -0.391. The van der Waals surface area contributed by atoms with Gasteiger partial charge in [0.05, 0.1) is 6.04 Å². The number of nitrogens with zero attached hydrogens (tertiary/aromatic N) is 1. The van der Waals surface area contributed by atoms with Crippen LogP contribution in [0.5, 0.6) is 0 Å². The van der Waals surface area contributed by atoms with Crippen LogP contribution >= 0.6 is 0 Å². The van der Waals surface area contributed by atoms with E-state index in [2.05, 4.69) is 6.92 Å². The summed E-state index contributed by atoms with van der Waals surface area (Å²) in [5.74, 6) is 0.880. The van der Waals surface area contributed by atoms with Gasteiger partial charge in [-0.15, -0.1) is 0 Å². The Bertz CT molecular complexity index is 213. The van der Waals surface area contributed by atoms with Crippen LogP contribution in [0.1, 0.15) is 32.6 Å². The van der Waals surface area contributed by atoms with E-state index >= 15 is 0 Å². The number of piperidine rings is 1. The molecule has 1 rings (SSSR count). The molecule has 0 radical (unpaired) electrons. The van der Waals surface area contributed by atoms with Gasteiger partial charge in [-0.1, -0.05) is 13.3 Å². The van der Waals surface area contributed by atoms with Crippen LogP contribution in [-0.2, 0) is 9.53 Å². The Morgan fingerprint density at radius 1 is 1.50 bits per heavy atom. The predicted molar refractivity (Wildman–Crippen MR) is 64.1 cm³/mol. The van der Waals surface area contributed by atoms with Crippen LogP contribution in [0.25, 0.3) is 0 Å². The highest BCUT2D eigenvalue weighted by molar-refractivity contribution is 5.81. The first kappa shape index (κ1) is 13.5. The van der Waals surface area contributed by atoms with E-state index in [0.717, 1.165) is 31.8 Å². The van der Waals surface area contributed by atoms with Gasteiger partial charge in [0.1, 0.15) is 0 Å². The molecule has 0 aromatic heterocycles. The molecule has 0 aliphatic carbocycles. The number of methoxy groups -OCH3 is 1. The van der Waals surface area contributed by atoms with E-state index in [4.69, 9.17) is 10.5 Å². The molecule has 4 nitrogen and oxygen atoms in total. The molecule has 0 aromatic rings. The van der Waals surface area contributed by atoms with E-state index < -0.39 is 6.04 Å². The zero-order chi connectivity index (χ0) is 12.0. The maximum absolute atomic E-state index is 11.9. The van der Waals surface area contributed by atoms with E-state index in [1.165, 1.54) is 6.42 Å². The number of hydrogen-bond acceptors (Lipinski definition) is 3. The third-order valence-corrected chi connectivity index (χ3v) is 3.45. The smallest absolute Gasteiger partial charge is 0.239 e. The molecule has 1 heterocycles. The Labute approximate surface area is 98.1 Å². The van der Waals surface area contributed by atoms with Crippen LogP contribution in [0.15, 0.2) is 0 Å². The number of nitrogens with two attached hydrogens (primary N) is 1. The minimum Gasteiger partial charge on any atom is -0.385 e. The first-order chi connectivity index (χ1) is 7.69. The molecular weight excluding hydrogens is 204 g/mol. The quantitative estimate of drug-likeness (QED) is 0.763. The molecule has 4 heteroatoms. The number of ether oxygens (including phenoxy) is 1. The molecule has 0 bridgehead atoms. The summed E-state index contributed by atoms with van der Waals surface area (Å²) in [7, 11) is 1.63. The molecule has 16 heavy (non-hydrogen) atoms. The van der Waals surface area contributed by atoms with Gasteiger partial charge in [-0.05, 0) is 25.2 Å². The fourth-order valence-corrected chi connectivity index (χ4v) is 2.16. The summed E-state index contributed by atoms with van der Waals surface area (Å²) < 4.78 is 4.93. The van der Waals surface area contributed by atoms with Crippen molar-refractivity contribution >= 4 is 5.91 Å². The van der Waals surface area contributed by atoms with Gasteiger partial charge in [0, 0.05) is 26.8 Å². The first-order valence-corrected chi connectivity index (χ1v) is 6.22. The van der Waals surface area contributed by atoms with E-state index in [9.17, 15) is 4.79 Å². The monoisotopic (exact) mass is 228 g/mol. The number of carbonyl (C=O) groups is 1. The van der Waals surface area contributed by atoms with Crippen LogP contribution in [-0.4, -0.2) is 43.7 Å². The number of carbonyl (C=O) groups excluding carboxylic acids is 1. The van der Waals surface area contributed by atoms with Crippen molar-refractivity contribution in [1.82, 2.24) is 4.90 Å². The molecule has 1 aliphatic heterocycles. The Morgan fingerprint density at radius 3 is 2.62 bits per heavy atom. The van der Waals surface area contributed by atoms with Gasteiger partial charge in [0.25, 0.3) is 0 Å². The second-order valence-corrected chi connectivity index (χ2v) is 4.56. The van der Waals surface area contributed by atoms with Gasteiger partial charge in [0.15, 0.2) is 0 Å². The van der Waals surface area contributed by atoms with Crippen molar-refractivity contribution in [3.05, 3.63) is 0 Å². The highest BCUT2D eigenvalue weighted by atomic mass is 16.5. The Balaban J connectivity index is 2.32. The summed E-state index contributed by atoms with van der Waals surface area (Å²) in [4.78, 5) is 13.9. The topological polar surface area (TPSA) is 55.6 Å². The van der Waals surface area contributed by atoms with Crippen LogP contribution in [0.3, 0.4) is 0 Å².